The molecule has 0 aliphatic heterocycles. The predicted molar refractivity (Wildman–Crippen MR) is 91.9 cm³/mol. The average molecular weight is 316 g/mol. The second-order valence-corrected chi connectivity index (χ2v) is 5.42. The first-order valence-corrected chi connectivity index (χ1v) is 8.01. The van der Waals surface area contributed by atoms with E-state index in [0.29, 0.717) is 31.1 Å². The van der Waals surface area contributed by atoms with E-state index in [4.69, 9.17) is 9.47 Å². The Hall–Kier alpha value is -2.14. The highest BCUT2D eigenvalue weighted by Gasteiger charge is 2.32. The normalized spacial score (nSPS) is 13.6. The Kier molecular flexibility index (Phi) is 5.55. The van der Waals surface area contributed by atoms with E-state index in [1.54, 1.807) is 13.1 Å². The number of ether oxygens (including phenoxy) is 2. The van der Waals surface area contributed by atoms with Crippen LogP contribution in [-0.4, -0.2) is 29.7 Å². The molecule has 1 heterocycles. The molecule has 5 nitrogen and oxygen atoms in total. The van der Waals surface area contributed by atoms with Crippen LogP contribution in [0.5, 0.6) is 5.75 Å². The van der Waals surface area contributed by atoms with Gasteiger partial charge in [0.1, 0.15) is 16.9 Å². The van der Waals surface area contributed by atoms with Gasteiger partial charge >= 0.3 is 0 Å². The van der Waals surface area contributed by atoms with Gasteiger partial charge in [-0.1, -0.05) is 6.92 Å². The van der Waals surface area contributed by atoms with E-state index in [0.717, 1.165) is 10.9 Å². The van der Waals surface area contributed by atoms with E-state index in [1.165, 1.54) is 0 Å². The van der Waals surface area contributed by atoms with Gasteiger partial charge in [0.2, 0.25) is 0 Å². The molecule has 1 N–H and O–H groups in total. The van der Waals surface area contributed by atoms with Crippen molar-refractivity contribution in [2.24, 2.45) is 0 Å². The Labute approximate surface area is 137 Å². The van der Waals surface area contributed by atoms with Gasteiger partial charge in [-0.05, 0) is 51.5 Å². The third-order valence-corrected chi connectivity index (χ3v) is 3.90. The first-order valence-electron chi connectivity index (χ1n) is 8.01. The molecule has 0 aliphatic rings. The quantitative estimate of drug-likeness (QED) is 0.844. The Bertz CT molecular complexity index is 687. The van der Waals surface area contributed by atoms with Gasteiger partial charge in [-0.25, -0.2) is 0 Å². The van der Waals surface area contributed by atoms with Gasteiger partial charge in [0.25, 0.3) is 5.91 Å². The summed E-state index contributed by atoms with van der Waals surface area (Å²) in [4.78, 5) is 17.0. The van der Waals surface area contributed by atoms with Crippen molar-refractivity contribution in [1.29, 1.82) is 0 Å². The van der Waals surface area contributed by atoms with Crippen molar-refractivity contribution in [2.75, 3.05) is 18.5 Å². The lowest BCUT2D eigenvalue weighted by atomic mass is 10.0. The molecule has 0 fully saturated rings. The second kappa shape index (κ2) is 7.42. The number of fused-ring (bicyclic) bond motifs is 1. The largest absolute Gasteiger partial charge is 0.492 e. The number of carbonyl (C=O) groups is 1. The highest BCUT2D eigenvalue weighted by atomic mass is 16.5. The minimum atomic E-state index is -0.845. The summed E-state index contributed by atoms with van der Waals surface area (Å²) in [5.41, 5.74) is 0.602. The first kappa shape index (κ1) is 17.2. The van der Waals surface area contributed by atoms with Gasteiger partial charge in [0, 0.05) is 18.2 Å². The maximum Gasteiger partial charge on any atom is 0.256 e. The van der Waals surface area contributed by atoms with Gasteiger partial charge in [0.15, 0.2) is 0 Å². The summed E-state index contributed by atoms with van der Waals surface area (Å²) < 4.78 is 11.2. The molecule has 23 heavy (non-hydrogen) atoms. The van der Waals surface area contributed by atoms with Gasteiger partial charge in [0.05, 0.1) is 12.3 Å². The van der Waals surface area contributed by atoms with Gasteiger partial charge < -0.3 is 14.8 Å². The monoisotopic (exact) mass is 316 g/mol. The van der Waals surface area contributed by atoms with Crippen LogP contribution in [0.15, 0.2) is 30.5 Å². The summed E-state index contributed by atoms with van der Waals surface area (Å²) in [5, 5.41) is 3.82. The van der Waals surface area contributed by atoms with Crippen LogP contribution in [0.25, 0.3) is 10.9 Å². The summed E-state index contributed by atoms with van der Waals surface area (Å²) in [6, 6.07) is 7.44. The third kappa shape index (κ3) is 3.62. The van der Waals surface area contributed by atoms with Crippen LogP contribution in [0.2, 0.25) is 0 Å². The Balaban J connectivity index is 2.37. The molecule has 124 valence electrons. The van der Waals surface area contributed by atoms with E-state index in [-0.39, 0.29) is 5.91 Å². The molecule has 0 radical (unpaired) electrons. The zero-order chi connectivity index (χ0) is 16.9. The highest BCUT2D eigenvalue weighted by molar-refractivity contribution is 6.05. The van der Waals surface area contributed by atoms with Crippen molar-refractivity contribution in [3.63, 3.8) is 0 Å². The molecule has 0 unspecified atom stereocenters. The molecule has 2 rings (SSSR count). The number of hydrogen-bond acceptors (Lipinski definition) is 4. The van der Waals surface area contributed by atoms with E-state index in [2.05, 4.69) is 10.3 Å². The predicted octanol–water partition coefficient (Wildman–Crippen LogP) is 3.78. The zero-order valence-electron chi connectivity index (χ0n) is 14.2. The lowest BCUT2D eigenvalue weighted by molar-refractivity contribution is -0.139. The number of nitrogens with one attached hydrogen (secondary N) is 1. The van der Waals surface area contributed by atoms with E-state index in [1.807, 2.05) is 45.0 Å². The summed E-state index contributed by atoms with van der Waals surface area (Å²) in [5.74, 6) is 0.556. The summed E-state index contributed by atoms with van der Waals surface area (Å²) >= 11 is 0. The lowest BCUT2D eigenvalue weighted by Crippen LogP contribution is -2.42. The molecule has 1 aromatic heterocycles. The molecule has 1 atom stereocenters. The molecule has 0 aliphatic carbocycles. The van der Waals surface area contributed by atoms with Crippen LogP contribution in [-0.2, 0) is 9.53 Å². The molecule has 5 heteroatoms. The van der Waals surface area contributed by atoms with E-state index in [9.17, 15) is 4.79 Å². The molecular weight excluding hydrogens is 292 g/mol. The number of nitrogens with zero attached hydrogens (tertiary/aromatic N) is 1. The maximum absolute atomic E-state index is 12.6. The highest BCUT2D eigenvalue weighted by Crippen LogP contribution is 2.31. The maximum atomic E-state index is 12.6. The number of carbonyl (C=O) groups excluding carboxylic acids is 1. The molecular formula is C18H24N2O3. The van der Waals surface area contributed by atoms with Crippen LogP contribution >= 0.6 is 0 Å². The van der Waals surface area contributed by atoms with Crippen LogP contribution in [0.4, 0.5) is 5.69 Å². The minimum absolute atomic E-state index is 0.156. The van der Waals surface area contributed by atoms with E-state index < -0.39 is 5.60 Å². The lowest BCUT2D eigenvalue weighted by Gasteiger charge is -2.27. The zero-order valence-corrected chi connectivity index (χ0v) is 14.2. The topological polar surface area (TPSA) is 60.5 Å². The van der Waals surface area contributed by atoms with Crippen molar-refractivity contribution in [1.82, 2.24) is 4.98 Å². The van der Waals surface area contributed by atoms with Crippen molar-refractivity contribution < 1.29 is 14.3 Å². The van der Waals surface area contributed by atoms with Crippen LogP contribution in [0.3, 0.4) is 0 Å². The molecule has 0 saturated carbocycles. The standard InChI is InChI=1S/C18H24N2O3/c1-5-18(4,23-7-3)17(21)20-14-10-11-15(22-6-2)16-13(14)9-8-12-19-16/h8-12H,5-7H2,1-4H3,(H,20,21)/t18-/m1/s1. The fourth-order valence-corrected chi connectivity index (χ4v) is 2.43. The molecule has 0 spiro atoms. The van der Waals surface area contributed by atoms with Crippen molar-refractivity contribution in [3.8, 4) is 5.75 Å². The molecule has 1 amide bonds. The number of amides is 1. The summed E-state index contributed by atoms with van der Waals surface area (Å²) in [6.07, 6.45) is 2.31. The number of benzene rings is 1. The number of aromatic nitrogens is 1. The Morgan fingerprint density at radius 3 is 2.65 bits per heavy atom. The van der Waals surface area contributed by atoms with Gasteiger partial charge in [-0.15, -0.1) is 0 Å². The number of rotatable bonds is 7. The fourth-order valence-electron chi connectivity index (χ4n) is 2.43. The SMILES string of the molecule is CCOc1ccc(NC(=O)[C@@](C)(CC)OCC)c2cccnc12. The van der Waals surface area contributed by atoms with Gasteiger partial charge in [-0.3, -0.25) is 9.78 Å². The minimum Gasteiger partial charge on any atom is -0.492 e. The summed E-state index contributed by atoms with van der Waals surface area (Å²) in [6.45, 7) is 8.61. The molecule has 1 aromatic carbocycles. The average Bonchev–Trinajstić information content (AvgIpc) is 2.57. The van der Waals surface area contributed by atoms with Gasteiger partial charge in [-0.2, -0.15) is 0 Å². The second-order valence-electron chi connectivity index (χ2n) is 5.42. The summed E-state index contributed by atoms with van der Waals surface area (Å²) in [7, 11) is 0. The fraction of sp³-hybridized carbons (Fsp3) is 0.444. The van der Waals surface area contributed by atoms with Crippen LogP contribution in [0, 0.1) is 0 Å². The Morgan fingerprint density at radius 1 is 1.22 bits per heavy atom. The third-order valence-electron chi connectivity index (χ3n) is 3.90. The van der Waals surface area contributed by atoms with Crippen LogP contribution in [0.1, 0.15) is 34.1 Å². The van der Waals surface area contributed by atoms with Crippen molar-refractivity contribution >= 4 is 22.5 Å². The van der Waals surface area contributed by atoms with Crippen LogP contribution < -0.4 is 10.1 Å². The molecule has 0 bridgehead atoms. The van der Waals surface area contributed by atoms with Crippen molar-refractivity contribution in [2.45, 2.75) is 39.7 Å². The molecule has 2 aromatic rings. The first-order chi connectivity index (χ1) is 11.1. The van der Waals surface area contributed by atoms with E-state index >= 15 is 0 Å². The number of hydrogen-bond donors (Lipinski definition) is 1. The Morgan fingerprint density at radius 2 is 2.00 bits per heavy atom. The number of anilines is 1. The molecule has 0 saturated heterocycles. The smallest absolute Gasteiger partial charge is 0.256 e. The number of pyridine rings is 1. The van der Waals surface area contributed by atoms with Crippen molar-refractivity contribution in [3.05, 3.63) is 30.5 Å².